The predicted molar refractivity (Wildman–Crippen MR) is 225 cm³/mol. The lowest BCUT2D eigenvalue weighted by Crippen LogP contribution is -2.13. The number of hydrogen-bond donors (Lipinski definition) is 9. The van der Waals surface area contributed by atoms with Crippen LogP contribution in [0.15, 0.2) is 106 Å². The summed E-state index contributed by atoms with van der Waals surface area (Å²) in [6.07, 6.45) is 34.3. The van der Waals surface area contributed by atoms with E-state index in [0.29, 0.717) is 23.3 Å². The maximum Gasteiger partial charge on any atom is 0.208 e. The summed E-state index contributed by atoms with van der Waals surface area (Å²) in [6.45, 7) is 8.51. The van der Waals surface area contributed by atoms with Gasteiger partial charge in [-0.05, 0) is 78.9 Å². The molecule has 1 aromatic heterocycles. The first-order valence-corrected chi connectivity index (χ1v) is 19.5. The van der Waals surface area contributed by atoms with Crippen LogP contribution in [0.4, 0.5) is 0 Å². The third-order valence-electron chi connectivity index (χ3n) is 11.4. The zero-order valence-electron chi connectivity index (χ0n) is 32.4. The lowest BCUT2D eigenvalue weighted by Gasteiger charge is -2.26. The van der Waals surface area contributed by atoms with Crippen LogP contribution in [0.25, 0.3) is 28.9 Å². The number of phenolic OH excluding ortho intramolecular Hbond substituents is 9. The normalized spacial score (nSPS) is 20.5. The van der Waals surface area contributed by atoms with Crippen LogP contribution >= 0.6 is 0 Å². The van der Waals surface area contributed by atoms with Crippen molar-refractivity contribution in [1.29, 1.82) is 0 Å². The molecular weight excluding hydrogens is 737 g/mol. The van der Waals surface area contributed by atoms with E-state index in [2.05, 4.69) is 50.8 Å². The minimum atomic E-state index is -1.28. The van der Waals surface area contributed by atoms with Gasteiger partial charge in [0.2, 0.25) is 17.2 Å². The number of furan rings is 1. The molecule has 0 saturated heterocycles. The fourth-order valence-corrected chi connectivity index (χ4v) is 8.68. The van der Waals surface area contributed by atoms with Crippen molar-refractivity contribution < 1.29 is 50.4 Å². The monoisotopic (exact) mass is 784 g/mol. The van der Waals surface area contributed by atoms with Crippen LogP contribution < -0.4 is 0 Å². The number of aromatic hydroxyl groups is 9. The summed E-state index contributed by atoms with van der Waals surface area (Å²) in [7, 11) is 0. The number of benzene rings is 2. The molecule has 7 rings (SSSR count). The fourth-order valence-electron chi connectivity index (χ4n) is 8.68. The molecule has 3 atom stereocenters. The maximum absolute atomic E-state index is 11.8. The van der Waals surface area contributed by atoms with Gasteiger partial charge in [-0.25, -0.2) is 0 Å². The molecule has 0 saturated carbocycles. The van der Waals surface area contributed by atoms with E-state index in [4.69, 9.17) is 4.42 Å². The molecule has 300 valence electrons. The van der Waals surface area contributed by atoms with E-state index >= 15 is 0 Å². The predicted octanol–water partition coefficient (Wildman–Crippen LogP) is 10.7. The van der Waals surface area contributed by atoms with Crippen molar-refractivity contribution >= 4 is 17.7 Å². The SMILES string of the molecule is C=Cc1oc2c(c1C(C)C1=C3CC=CC=CC3=C(c3c(O)c(O)c(-c4c(O)c(O)c(O)c(O)c4O)c(O)c3O)C3=CC1C=CC=C3)CC(C)/C=C\CCCCCC=C2. The van der Waals surface area contributed by atoms with E-state index in [-0.39, 0.29) is 28.9 Å². The largest absolute Gasteiger partial charge is 0.504 e. The third kappa shape index (κ3) is 6.78. The van der Waals surface area contributed by atoms with Crippen LogP contribution in [0.2, 0.25) is 0 Å². The topological polar surface area (TPSA) is 195 Å². The van der Waals surface area contributed by atoms with Crippen molar-refractivity contribution in [3.05, 3.63) is 130 Å². The summed E-state index contributed by atoms with van der Waals surface area (Å²) in [5.41, 5.74) is 3.18. The van der Waals surface area contributed by atoms with Gasteiger partial charge >= 0.3 is 0 Å². The molecule has 0 amide bonds. The van der Waals surface area contributed by atoms with E-state index in [1.54, 1.807) is 12.2 Å². The Labute approximate surface area is 336 Å². The molecule has 9 N–H and O–H groups in total. The summed E-state index contributed by atoms with van der Waals surface area (Å²) in [5, 5.41) is 98.6. The van der Waals surface area contributed by atoms with Gasteiger partial charge in [-0.15, -0.1) is 0 Å². The Kier molecular flexibility index (Phi) is 10.9. The highest BCUT2D eigenvalue weighted by molar-refractivity contribution is 6.01. The van der Waals surface area contributed by atoms with Crippen LogP contribution in [-0.2, 0) is 6.42 Å². The first kappa shape index (κ1) is 39.6. The van der Waals surface area contributed by atoms with Gasteiger partial charge in [0, 0.05) is 28.5 Å². The molecule has 3 aromatic rings. The molecule has 10 heteroatoms. The molecule has 2 aromatic carbocycles. The molecular formula is C48H48O10. The van der Waals surface area contributed by atoms with E-state index in [1.807, 2.05) is 42.5 Å². The Morgan fingerprint density at radius 3 is 1.95 bits per heavy atom. The van der Waals surface area contributed by atoms with Crippen molar-refractivity contribution in [3.63, 3.8) is 0 Å². The summed E-state index contributed by atoms with van der Waals surface area (Å²) in [6, 6.07) is 0. The van der Waals surface area contributed by atoms with Crippen LogP contribution in [-0.4, -0.2) is 46.0 Å². The van der Waals surface area contributed by atoms with Gasteiger partial charge < -0.3 is 50.4 Å². The van der Waals surface area contributed by atoms with Gasteiger partial charge in [0.25, 0.3) is 0 Å². The van der Waals surface area contributed by atoms with Gasteiger partial charge in [0.1, 0.15) is 11.5 Å². The number of rotatable bonds is 5. The quantitative estimate of drug-likeness (QED) is 0.0682. The number of allylic oxidation sites excluding steroid dienone is 17. The Balaban J connectivity index is 1.50. The van der Waals surface area contributed by atoms with E-state index in [1.165, 1.54) is 0 Å². The maximum atomic E-state index is 11.8. The second-order valence-corrected chi connectivity index (χ2v) is 15.2. The van der Waals surface area contributed by atoms with Crippen molar-refractivity contribution in [2.24, 2.45) is 11.8 Å². The third-order valence-corrected chi connectivity index (χ3v) is 11.4. The van der Waals surface area contributed by atoms with Crippen LogP contribution in [0.3, 0.4) is 0 Å². The fraction of sp³-hybridized carbons (Fsp3) is 0.250. The molecule has 2 bridgehead atoms. The van der Waals surface area contributed by atoms with Crippen molar-refractivity contribution in [3.8, 4) is 62.9 Å². The second-order valence-electron chi connectivity index (χ2n) is 15.2. The molecule has 4 aliphatic carbocycles. The Morgan fingerprint density at radius 1 is 0.672 bits per heavy atom. The molecule has 0 aliphatic heterocycles. The first-order valence-electron chi connectivity index (χ1n) is 19.5. The number of phenols is 9. The van der Waals surface area contributed by atoms with Gasteiger partial charge in [0.15, 0.2) is 34.5 Å². The Hall–Kier alpha value is -6.68. The molecule has 10 nitrogen and oxygen atoms in total. The van der Waals surface area contributed by atoms with Crippen LogP contribution in [0, 0.1) is 11.8 Å². The average Bonchev–Trinajstić information content (AvgIpc) is 3.40. The number of fused-ring (bicyclic) bond motifs is 3. The van der Waals surface area contributed by atoms with Crippen molar-refractivity contribution in [2.45, 2.75) is 64.7 Å². The molecule has 0 fully saturated rings. The Bertz CT molecular complexity index is 2420. The minimum Gasteiger partial charge on any atom is -0.504 e. The van der Waals surface area contributed by atoms with Gasteiger partial charge in [0.05, 0.1) is 16.7 Å². The standard InChI is InChI=1S/C48H48O10/c1-4-32-35(31-23-25(2)17-11-8-6-5-7-9-14-22-33(31)58-32)26(3)34-27-18-15-16-19-28(24-27)36(30-21-13-10-12-20-29(30)34)37-40(49)42(51)38(43(52)41(37)50)39-44(53)46(55)48(57)47(56)45(39)54/h4,10-19,21-22,24-27,49-57H,1,5-9,20,23H2,2-3H3/b17-11-,22-14?. The minimum absolute atomic E-state index is 0.229. The molecule has 58 heavy (non-hydrogen) atoms. The first-order chi connectivity index (χ1) is 27.9. The summed E-state index contributed by atoms with van der Waals surface area (Å²) in [4.78, 5) is 0. The smallest absolute Gasteiger partial charge is 0.208 e. The van der Waals surface area contributed by atoms with E-state index < -0.39 is 62.9 Å². The molecule has 0 spiro atoms. The van der Waals surface area contributed by atoms with Crippen LogP contribution in [0.5, 0.6) is 51.7 Å². The number of hydrogen-bond acceptors (Lipinski definition) is 10. The van der Waals surface area contributed by atoms with Crippen molar-refractivity contribution in [2.75, 3.05) is 0 Å². The van der Waals surface area contributed by atoms with Gasteiger partial charge in [-0.2, -0.15) is 0 Å². The van der Waals surface area contributed by atoms with E-state index in [0.717, 1.165) is 66.6 Å². The second kappa shape index (κ2) is 16.1. The summed E-state index contributed by atoms with van der Waals surface area (Å²) < 4.78 is 6.60. The molecule has 1 heterocycles. The molecule has 0 radical (unpaired) electrons. The summed E-state index contributed by atoms with van der Waals surface area (Å²) >= 11 is 0. The lowest BCUT2D eigenvalue weighted by atomic mass is 9.77. The van der Waals surface area contributed by atoms with Gasteiger partial charge in [-0.3, -0.25) is 0 Å². The summed E-state index contributed by atoms with van der Waals surface area (Å²) in [5.74, 6) is -9.23. The van der Waals surface area contributed by atoms with Gasteiger partial charge in [-0.1, -0.05) is 99.8 Å². The zero-order chi connectivity index (χ0) is 41.4. The lowest BCUT2D eigenvalue weighted by molar-refractivity contribution is 0.329. The average molecular weight is 785 g/mol. The highest BCUT2D eigenvalue weighted by Crippen LogP contribution is 2.63. The van der Waals surface area contributed by atoms with Crippen LogP contribution in [0.1, 0.15) is 86.5 Å². The molecule has 4 aliphatic rings. The highest BCUT2D eigenvalue weighted by atomic mass is 16.4. The Morgan fingerprint density at radius 2 is 1.28 bits per heavy atom. The highest BCUT2D eigenvalue weighted by Gasteiger charge is 2.37. The molecule has 3 unspecified atom stereocenters. The van der Waals surface area contributed by atoms with Crippen molar-refractivity contribution in [1.82, 2.24) is 0 Å². The zero-order valence-corrected chi connectivity index (χ0v) is 32.4. The van der Waals surface area contributed by atoms with E-state index in [9.17, 15) is 46.0 Å².